The molecule has 0 radical (unpaired) electrons. The predicted octanol–water partition coefficient (Wildman–Crippen LogP) is 3.57. The highest BCUT2D eigenvalue weighted by Gasteiger charge is 2.37. The molecule has 1 N–H and O–H groups in total. The molecule has 3 fully saturated rings. The van der Waals surface area contributed by atoms with Crippen molar-refractivity contribution in [3.05, 3.63) is 42.2 Å². The Labute approximate surface area is 161 Å². The molecule has 2 unspecified atom stereocenters. The molecule has 4 heteroatoms. The first-order chi connectivity index (χ1) is 13.3. The number of imidazole rings is 1. The van der Waals surface area contributed by atoms with Gasteiger partial charge in [0.25, 0.3) is 0 Å². The van der Waals surface area contributed by atoms with Crippen molar-refractivity contribution >= 4 is 11.0 Å². The van der Waals surface area contributed by atoms with Gasteiger partial charge in [-0.15, -0.1) is 0 Å². The fourth-order valence-corrected chi connectivity index (χ4v) is 6.00. The van der Waals surface area contributed by atoms with Gasteiger partial charge in [-0.05, 0) is 55.6 Å². The number of para-hydroxylation sites is 2. The van der Waals surface area contributed by atoms with Crippen LogP contribution in [-0.2, 0) is 0 Å². The van der Waals surface area contributed by atoms with Gasteiger partial charge < -0.3 is 14.8 Å². The largest absolute Gasteiger partial charge is 0.324 e. The Bertz CT molecular complexity index is 856. The van der Waals surface area contributed by atoms with Crippen molar-refractivity contribution in [3.63, 3.8) is 0 Å². The lowest BCUT2D eigenvalue weighted by molar-refractivity contribution is 0.153. The van der Waals surface area contributed by atoms with Crippen LogP contribution in [0.15, 0.2) is 36.4 Å². The summed E-state index contributed by atoms with van der Waals surface area (Å²) in [5.41, 5.74) is 2.52. The number of likely N-dealkylation sites (tertiary alicyclic amines) is 1. The Morgan fingerprint density at radius 3 is 2.59 bits per heavy atom. The fourth-order valence-electron chi connectivity index (χ4n) is 6.00. The molecule has 27 heavy (non-hydrogen) atoms. The molecule has 0 amide bonds. The number of aromatic nitrogens is 2. The minimum Gasteiger partial charge on any atom is -0.324 e. The van der Waals surface area contributed by atoms with Gasteiger partial charge in [0.15, 0.2) is 0 Å². The number of fused-ring (bicyclic) bond motifs is 3. The van der Waals surface area contributed by atoms with Crippen LogP contribution in [-0.4, -0.2) is 47.2 Å². The molecule has 0 spiro atoms. The van der Waals surface area contributed by atoms with Crippen molar-refractivity contribution in [2.75, 3.05) is 32.7 Å². The maximum absolute atomic E-state index is 5.04. The summed E-state index contributed by atoms with van der Waals surface area (Å²) in [4.78, 5) is 7.79. The third-order valence-corrected chi connectivity index (χ3v) is 7.60. The van der Waals surface area contributed by atoms with Crippen molar-refractivity contribution in [3.8, 4) is 0 Å². The molecule has 6 rings (SSSR count). The van der Waals surface area contributed by atoms with Gasteiger partial charge in [0.05, 0.1) is 11.0 Å². The van der Waals surface area contributed by atoms with Gasteiger partial charge in [-0.25, -0.2) is 4.98 Å². The highest BCUT2D eigenvalue weighted by Crippen LogP contribution is 2.44. The van der Waals surface area contributed by atoms with Crippen molar-refractivity contribution in [1.82, 2.24) is 19.8 Å². The van der Waals surface area contributed by atoms with E-state index >= 15 is 0 Å². The zero-order valence-electron chi connectivity index (χ0n) is 16.1. The zero-order valence-corrected chi connectivity index (χ0v) is 16.1. The van der Waals surface area contributed by atoms with Gasteiger partial charge >= 0.3 is 0 Å². The zero-order chi connectivity index (χ0) is 17.8. The van der Waals surface area contributed by atoms with Crippen molar-refractivity contribution < 1.29 is 0 Å². The number of hydrogen-bond donors (Lipinski definition) is 1. The summed E-state index contributed by atoms with van der Waals surface area (Å²) in [6, 6.07) is 9.35. The van der Waals surface area contributed by atoms with E-state index in [4.69, 9.17) is 4.98 Å². The first-order valence-corrected chi connectivity index (χ1v) is 10.9. The Hall–Kier alpha value is -1.65. The van der Waals surface area contributed by atoms with Gasteiger partial charge in [-0.3, -0.25) is 0 Å². The number of nitrogens with one attached hydrogen (secondary N) is 1. The van der Waals surface area contributed by atoms with Crippen molar-refractivity contribution in [2.45, 2.75) is 37.6 Å². The lowest BCUT2D eigenvalue weighted by Crippen LogP contribution is -2.43. The number of benzene rings is 1. The third-order valence-electron chi connectivity index (χ3n) is 7.60. The second-order valence-corrected chi connectivity index (χ2v) is 9.26. The maximum Gasteiger partial charge on any atom is 0.115 e. The number of piperidine rings is 1. The molecular formula is C23H30N4. The van der Waals surface area contributed by atoms with Crippen LogP contribution in [0.2, 0.25) is 0 Å². The minimum absolute atomic E-state index is 0.594. The summed E-state index contributed by atoms with van der Waals surface area (Å²) in [6.45, 7) is 5.98. The Balaban J connectivity index is 1.19. The molecule has 2 aliphatic heterocycles. The summed E-state index contributed by atoms with van der Waals surface area (Å²) in [5.74, 6) is 4.61. The van der Waals surface area contributed by atoms with E-state index in [0.29, 0.717) is 12.0 Å². The molecule has 1 saturated carbocycles. The van der Waals surface area contributed by atoms with Crippen LogP contribution in [0.1, 0.15) is 43.5 Å². The number of rotatable bonds is 4. The first kappa shape index (κ1) is 16.3. The summed E-state index contributed by atoms with van der Waals surface area (Å²) >= 11 is 0. The van der Waals surface area contributed by atoms with Crippen LogP contribution in [0.25, 0.3) is 11.0 Å². The van der Waals surface area contributed by atoms with Crippen molar-refractivity contribution in [2.24, 2.45) is 17.8 Å². The number of hydrogen-bond acceptors (Lipinski definition) is 3. The standard InChI is InChI=1S/C23H30N4/c1-2-4-22-21(3-1)25-23(19-13-24-14-19)27(22)20-7-9-26(10-8-20)15-18-12-16-5-6-17(18)11-16/h1-6,16-20,24H,7-15H2/t16-,17?,18?/m1/s1. The summed E-state index contributed by atoms with van der Waals surface area (Å²) in [7, 11) is 0. The molecule has 3 heterocycles. The molecule has 1 aromatic heterocycles. The van der Waals surface area contributed by atoms with Crippen LogP contribution < -0.4 is 5.32 Å². The van der Waals surface area contributed by atoms with E-state index in [1.54, 1.807) is 0 Å². The normalized spacial score (nSPS) is 31.8. The van der Waals surface area contributed by atoms with E-state index in [1.807, 2.05) is 0 Å². The lowest BCUT2D eigenvalue weighted by Gasteiger charge is -2.37. The SMILES string of the molecule is C1=C[C@@H]2CC1C(CN1CCC(n3c(C4CNC4)nc4ccccc43)CC1)C2. The monoisotopic (exact) mass is 362 g/mol. The average molecular weight is 363 g/mol. The molecular weight excluding hydrogens is 332 g/mol. The molecule has 4 aliphatic rings. The first-order valence-electron chi connectivity index (χ1n) is 10.9. The van der Waals surface area contributed by atoms with Crippen LogP contribution in [0.3, 0.4) is 0 Å². The van der Waals surface area contributed by atoms with Gasteiger partial charge in [0.1, 0.15) is 5.82 Å². The van der Waals surface area contributed by atoms with Gasteiger partial charge in [0.2, 0.25) is 0 Å². The lowest BCUT2D eigenvalue weighted by atomic mass is 9.92. The predicted molar refractivity (Wildman–Crippen MR) is 109 cm³/mol. The van der Waals surface area contributed by atoms with E-state index in [2.05, 4.69) is 51.2 Å². The van der Waals surface area contributed by atoms with E-state index in [9.17, 15) is 0 Å². The molecule has 3 atom stereocenters. The molecule has 142 valence electrons. The van der Waals surface area contributed by atoms with E-state index in [0.717, 1.165) is 30.8 Å². The minimum atomic E-state index is 0.594. The summed E-state index contributed by atoms with van der Waals surface area (Å²) in [6.07, 6.45) is 10.4. The Morgan fingerprint density at radius 2 is 1.89 bits per heavy atom. The van der Waals surface area contributed by atoms with Gasteiger partial charge in [0, 0.05) is 44.7 Å². The second-order valence-electron chi connectivity index (χ2n) is 9.26. The van der Waals surface area contributed by atoms with Crippen molar-refractivity contribution in [1.29, 1.82) is 0 Å². The maximum atomic E-state index is 5.04. The van der Waals surface area contributed by atoms with E-state index in [1.165, 1.54) is 62.2 Å². The highest BCUT2D eigenvalue weighted by molar-refractivity contribution is 5.76. The van der Waals surface area contributed by atoms with E-state index < -0.39 is 0 Å². The second kappa shape index (κ2) is 6.46. The topological polar surface area (TPSA) is 33.1 Å². The quantitative estimate of drug-likeness (QED) is 0.844. The number of nitrogens with zero attached hydrogens (tertiary/aromatic N) is 3. The van der Waals surface area contributed by atoms with Crippen LogP contribution in [0.4, 0.5) is 0 Å². The fraction of sp³-hybridized carbons (Fsp3) is 0.609. The molecule has 2 saturated heterocycles. The third kappa shape index (κ3) is 2.76. The average Bonchev–Trinajstić information content (AvgIpc) is 3.35. The van der Waals surface area contributed by atoms with Crippen LogP contribution in [0.5, 0.6) is 0 Å². The smallest absolute Gasteiger partial charge is 0.115 e. The molecule has 1 aromatic carbocycles. The number of allylic oxidation sites excluding steroid dienone is 2. The van der Waals surface area contributed by atoms with Gasteiger partial charge in [-0.2, -0.15) is 0 Å². The molecule has 2 aromatic rings. The van der Waals surface area contributed by atoms with Crippen LogP contribution in [0, 0.1) is 17.8 Å². The Morgan fingerprint density at radius 1 is 1.04 bits per heavy atom. The molecule has 2 bridgehead atoms. The summed E-state index contributed by atoms with van der Waals surface area (Å²) < 4.78 is 2.61. The Kier molecular flexibility index (Phi) is 3.90. The van der Waals surface area contributed by atoms with E-state index in [-0.39, 0.29) is 0 Å². The van der Waals surface area contributed by atoms with Crippen LogP contribution >= 0.6 is 0 Å². The van der Waals surface area contributed by atoms with Gasteiger partial charge in [-0.1, -0.05) is 24.3 Å². The molecule has 4 nitrogen and oxygen atoms in total. The summed E-state index contributed by atoms with van der Waals surface area (Å²) in [5, 5.41) is 3.43. The molecule has 2 aliphatic carbocycles. The highest BCUT2D eigenvalue weighted by atomic mass is 15.2.